The number of amides is 1. The SMILES string of the molecule is CCOC(=O)c1ccc(/C=C2/C=C(c3ccccc3)N(c3ccc(Cl)cc3)C2=O)cc1. The van der Waals surface area contributed by atoms with Crippen LogP contribution in [0, 0.1) is 0 Å². The molecule has 1 heterocycles. The molecule has 1 aliphatic heterocycles. The number of anilines is 1. The molecule has 1 amide bonds. The van der Waals surface area contributed by atoms with Gasteiger partial charge in [-0.1, -0.05) is 54.1 Å². The molecule has 3 aromatic carbocycles. The van der Waals surface area contributed by atoms with Gasteiger partial charge in [-0.05, 0) is 66.6 Å². The summed E-state index contributed by atoms with van der Waals surface area (Å²) in [5.74, 6) is -0.491. The Morgan fingerprint density at radius 3 is 2.29 bits per heavy atom. The third-order valence-corrected chi connectivity index (χ3v) is 5.13. The molecule has 5 heteroatoms. The van der Waals surface area contributed by atoms with Crippen LogP contribution in [0.3, 0.4) is 0 Å². The van der Waals surface area contributed by atoms with Crippen LogP contribution in [0.5, 0.6) is 0 Å². The molecule has 0 radical (unpaired) electrons. The van der Waals surface area contributed by atoms with Gasteiger partial charge < -0.3 is 4.74 Å². The zero-order valence-corrected chi connectivity index (χ0v) is 17.7. The van der Waals surface area contributed by atoms with E-state index in [1.54, 1.807) is 48.2 Å². The van der Waals surface area contributed by atoms with Crippen LogP contribution < -0.4 is 4.90 Å². The van der Waals surface area contributed by atoms with Crippen LogP contribution in [0.15, 0.2) is 90.5 Å². The Kier molecular flexibility index (Phi) is 6.01. The number of ether oxygens (including phenoxy) is 1. The highest BCUT2D eigenvalue weighted by molar-refractivity contribution is 6.30. The zero-order valence-electron chi connectivity index (χ0n) is 16.9. The first-order chi connectivity index (χ1) is 15.1. The van der Waals surface area contributed by atoms with Gasteiger partial charge in [0.05, 0.1) is 17.9 Å². The van der Waals surface area contributed by atoms with E-state index in [2.05, 4.69) is 0 Å². The van der Waals surface area contributed by atoms with Gasteiger partial charge in [0.2, 0.25) is 0 Å². The van der Waals surface area contributed by atoms with Crippen LogP contribution >= 0.6 is 11.6 Å². The van der Waals surface area contributed by atoms with Gasteiger partial charge >= 0.3 is 5.97 Å². The average Bonchev–Trinajstić information content (AvgIpc) is 3.11. The minimum absolute atomic E-state index is 0.129. The second kappa shape index (κ2) is 9.02. The Balaban J connectivity index is 1.71. The largest absolute Gasteiger partial charge is 0.462 e. The predicted molar refractivity (Wildman–Crippen MR) is 124 cm³/mol. The summed E-state index contributed by atoms with van der Waals surface area (Å²) in [4.78, 5) is 26.9. The summed E-state index contributed by atoms with van der Waals surface area (Å²) in [6, 6.07) is 23.9. The monoisotopic (exact) mass is 429 g/mol. The lowest BCUT2D eigenvalue weighted by Crippen LogP contribution is -2.24. The number of hydrogen-bond donors (Lipinski definition) is 0. The van der Waals surface area contributed by atoms with Crippen molar-refractivity contribution in [1.29, 1.82) is 0 Å². The van der Waals surface area contributed by atoms with E-state index in [1.165, 1.54) is 0 Å². The van der Waals surface area contributed by atoms with Crippen molar-refractivity contribution >= 4 is 40.9 Å². The van der Waals surface area contributed by atoms with E-state index in [1.807, 2.05) is 54.6 Å². The Morgan fingerprint density at radius 1 is 0.968 bits per heavy atom. The molecule has 31 heavy (non-hydrogen) atoms. The van der Waals surface area contributed by atoms with Crippen LogP contribution in [0.2, 0.25) is 5.02 Å². The summed E-state index contributed by atoms with van der Waals surface area (Å²) in [6.07, 6.45) is 3.70. The number of carbonyl (C=O) groups is 2. The van der Waals surface area contributed by atoms with Crippen LogP contribution in [0.4, 0.5) is 5.69 Å². The summed E-state index contributed by atoms with van der Waals surface area (Å²) < 4.78 is 5.02. The van der Waals surface area contributed by atoms with E-state index in [4.69, 9.17) is 16.3 Å². The molecule has 4 nitrogen and oxygen atoms in total. The Bertz CT molecular complexity index is 1160. The van der Waals surface area contributed by atoms with Crippen molar-refractivity contribution in [1.82, 2.24) is 0 Å². The maximum atomic E-state index is 13.3. The minimum Gasteiger partial charge on any atom is -0.462 e. The van der Waals surface area contributed by atoms with Gasteiger partial charge in [0.15, 0.2) is 0 Å². The first-order valence-corrected chi connectivity index (χ1v) is 10.3. The van der Waals surface area contributed by atoms with E-state index >= 15 is 0 Å². The molecule has 0 atom stereocenters. The highest BCUT2D eigenvalue weighted by atomic mass is 35.5. The number of rotatable bonds is 5. The van der Waals surface area contributed by atoms with E-state index in [9.17, 15) is 9.59 Å². The maximum Gasteiger partial charge on any atom is 0.338 e. The first kappa shape index (κ1) is 20.6. The minimum atomic E-state index is -0.362. The average molecular weight is 430 g/mol. The van der Waals surface area contributed by atoms with E-state index in [-0.39, 0.29) is 11.9 Å². The van der Waals surface area contributed by atoms with Crippen molar-refractivity contribution in [2.75, 3.05) is 11.5 Å². The van der Waals surface area contributed by atoms with Crippen molar-refractivity contribution in [3.05, 3.63) is 112 Å². The standard InChI is InChI=1S/C26H20ClNO3/c1-2-31-26(30)20-10-8-18(9-11-20)16-21-17-24(19-6-4-3-5-7-19)28(25(21)29)23-14-12-22(27)13-15-23/h3-17H,2H2,1H3/b21-16-. The summed E-state index contributed by atoms with van der Waals surface area (Å²) >= 11 is 6.04. The molecule has 3 aromatic rings. The van der Waals surface area contributed by atoms with Gasteiger partial charge in [0.25, 0.3) is 5.91 Å². The molecule has 0 bridgehead atoms. The number of halogens is 1. The van der Waals surface area contributed by atoms with Crippen molar-refractivity contribution in [3.8, 4) is 0 Å². The van der Waals surface area contributed by atoms with Gasteiger partial charge in [-0.15, -0.1) is 0 Å². The lowest BCUT2D eigenvalue weighted by Gasteiger charge is -2.21. The molecule has 4 rings (SSSR count). The quantitative estimate of drug-likeness (QED) is 0.369. The molecule has 0 N–H and O–H groups in total. The Morgan fingerprint density at radius 2 is 1.65 bits per heavy atom. The molecule has 0 aliphatic carbocycles. The summed E-state index contributed by atoms with van der Waals surface area (Å²) in [5.41, 5.74) is 4.32. The molecule has 0 saturated heterocycles. The number of carbonyl (C=O) groups excluding carboxylic acids is 2. The second-order valence-corrected chi connectivity index (χ2v) is 7.39. The smallest absolute Gasteiger partial charge is 0.338 e. The molecule has 0 aromatic heterocycles. The van der Waals surface area contributed by atoms with Crippen LogP contribution in [-0.4, -0.2) is 18.5 Å². The van der Waals surface area contributed by atoms with E-state index in [0.717, 1.165) is 22.5 Å². The summed E-state index contributed by atoms with van der Waals surface area (Å²) in [5, 5.41) is 0.609. The van der Waals surface area contributed by atoms with Gasteiger partial charge in [-0.3, -0.25) is 9.69 Å². The van der Waals surface area contributed by atoms with Crippen LogP contribution in [-0.2, 0) is 9.53 Å². The number of esters is 1. The van der Waals surface area contributed by atoms with Gasteiger partial charge in [-0.25, -0.2) is 4.79 Å². The van der Waals surface area contributed by atoms with Crippen molar-refractivity contribution in [3.63, 3.8) is 0 Å². The maximum absolute atomic E-state index is 13.3. The van der Waals surface area contributed by atoms with Crippen molar-refractivity contribution in [2.45, 2.75) is 6.92 Å². The van der Waals surface area contributed by atoms with Gasteiger partial charge in [0.1, 0.15) is 0 Å². The Hall–Kier alpha value is -3.63. The summed E-state index contributed by atoms with van der Waals surface area (Å²) in [6.45, 7) is 2.10. The molecular formula is C26H20ClNO3. The molecule has 1 aliphatic rings. The molecule has 0 unspecified atom stereocenters. The van der Waals surface area contributed by atoms with Gasteiger partial charge in [-0.2, -0.15) is 0 Å². The summed E-state index contributed by atoms with van der Waals surface area (Å²) in [7, 11) is 0. The molecule has 0 fully saturated rings. The zero-order chi connectivity index (χ0) is 21.8. The fraction of sp³-hybridized carbons (Fsp3) is 0.0769. The van der Waals surface area contributed by atoms with Crippen LogP contribution in [0.25, 0.3) is 11.8 Å². The lowest BCUT2D eigenvalue weighted by molar-refractivity contribution is -0.113. The lowest BCUT2D eigenvalue weighted by atomic mass is 10.1. The molecular weight excluding hydrogens is 410 g/mol. The predicted octanol–water partition coefficient (Wildman–Crippen LogP) is 5.99. The number of hydrogen-bond acceptors (Lipinski definition) is 3. The molecule has 0 saturated carbocycles. The van der Waals surface area contributed by atoms with Crippen LogP contribution in [0.1, 0.15) is 28.4 Å². The normalized spacial score (nSPS) is 14.6. The molecule has 0 spiro atoms. The van der Waals surface area contributed by atoms with Gasteiger partial charge in [0, 0.05) is 16.3 Å². The second-order valence-electron chi connectivity index (χ2n) is 6.95. The Labute approximate surface area is 186 Å². The van der Waals surface area contributed by atoms with E-state index < -0.39 is 0 Å². The highest BCUT2D eigenvalue weighted by Gasteiger charge is 2.30. The third-order valence-electron chi connectivity index (χ3n) is 4.88. The fourth-order valence-corrected chi connectivity index (χ4v) is 3.52. The van der Waals surface area contributed by atoms with E-state index in [0.29, 0.717) is 22.8 Å². The fourth-order valence-electron chi connectivity index (χ4n) is 3.39. The third kappa shape index (κ3) is 4.44. The number of nitrogens with zero attached hydrogens (tertiary/aromatic N) is 1. The van der Waals surface area contributed by atoms with Crippen molar-refractivity contribution in [2.24, 2.45) is 0 Å². The highest BCUT2D eigenvalue weighted by Crippen LogP contribution is 2.35. The first-order valence-electron chi connectivity index (χ1n) is 9.93. The molecule has 154 valence electrons. The number of benzene rings is 3. The van der Waals surface area contributed by atoms with Crippen molar-refractivity contribution < 1.29 is 14.3 Å². The topological polar surface area (TPSA) is 46.6 Å².